The first-order chi connectivity index (χ1) is 14.5. The quantitative estimate of drug-likeness (QED) is 0.351. The van der Waals surface area contributed by atoms with Crippen molar-refractivity contribution in [1.29, 1.82) is 0 Å². The Bertz CT molecular complexity index is 1170. The van der Waals surface area contributed by atoms with Crippen molar-refractivity contribution in [3.8, 4) is 5.75 Å². The second-order valence-electron chi connectivity index (χ2n) is 6.78. The van der Waals surface area contributed by atoms with E-state index in [2.05, 4.69) is 4.99 Å². The highest BCUT2D eigenvalue weighted by Crippen LogP contribution is 2.28. The highest BCUT2D eigenvalue weighted by Gasteiger charge is 2.25. The molecule has 30 heavy (non-hydrogen) atoms. The number of ether oxygens (including phenoxy) is 2. The molecule has 0 saturated carbocycles. The van der Waals surface area contributed by atoms with Crippen LogP contribution in [0.25, 0.3) is 6.08 Å². The van der Waals surface area contributed by atoms with Gasteiger partial charge < -0.3 is 9.47 Å². The van der Waals surface area contributed by atoms with Gasteiger partial charge in [0.25, 0.3) is 0 Å². The summed E-state index contributed by atoms with van der Waals surface area (Å²) in [5.41, 5.74) is 3.74. The number of aryl methyl sites for hydroxylation is 1. The van der Waals surface area contributed by atoms with Crippen molar-refractivity contribution in [3.05, 3.63) is 105 Å². The molecular formula is C24H17Cl2NO3. The van der Waals surface area contributed by atoms with Gasteiger partial charge in [0, 0.05) is 11.1 Å². The largest absolute Gasteiger partial charge is 0.488 e. The Hall–Kier alpha value is -3.08. The smallest absolute Gasteiger partial charge is 0.363 e. The molecule has 1 heterocycles. The lowest BCUT2D eigenvalue weighted by Crippen LogP contribution is -2.05. The van der Waals surface area contributed by atoms with Crippen LogP contribution < -0.4 is 4.74 Å². The number of esters is 1. The van der Waals surface area contributed by atoms with Crippen LogP contribution in [0.2, 0.25) is 10.0 Å². The van der Waals surface area contributed by atoms with E-state index in [9.17, 15) is 4.79 Å². The molecule has 0 fully saturated rings. The van der Waals surface area contributed by atoms with Crippen molar-refractivity contribution in [3.63, 3.8) is 0 Å². The fraction of sp³-hybridized carbons (Fsp3) is 0.0833. The summed E-state index contributed by atoms with van der Waals surface area (Å²) in [6.45, 7) is 2.46. The number of carbonyl (C=O) groups is 1. The molecule has 0 aromatic heterocycles. The van der Waals surface area contributed by atoms with Crippen molar-refractivity contribution >= 4 is 41.1 Å². The van der Waals surface area contributed by atoms with Crippen LogP contribution in [-0.4, -0.2) is 11.9 Å². The molecule has 0 saturated heterocycles. The lowest BCUT2D eigenvalue weighted by Gasteiger charge is -2.09. The number of cyclic esters (lactones) is 1. The van der Waals surface area contributed by atoms with Crippen LogP contribution in [0.5, 0.6) is 5.75 Å². The van der Waals surface area contributed by atoms with Crippen LogP contribution in [0.1, 0.15) is 22.3 Å². The van der Waals surface area contributed by atoms with Crippen LogP contribution in [0.3, 0.4) is 0 Å². The molecule has 0 bridgehead atoms. The molecule has 4 nitrogen and oxygen atoms in total. The Labute approximate surface area is 184 Å². The predicted molar refractivity (Wildman–Crippen MR) is 119 cm³/mol. The molecule has 0 aliphatic carbocycles. The number of rotatable bonds is 5. The highest BCUT2D eigenvalue weighted by atomic mass is 35.5. The number of aliphatic imine (C=N–C) groups is 1. The number of halogens is 2. The zero-order valence-electron chi connectivity index (χ0n) is 16.1. The zero-order valence-corrected chi connectivity index (χ0v) is 17.6. The predicted octanol–water partition coefficient (Wildman–Crippen LogP) is 6.23. The standard InChI is InChI=1S/C24H17Cl2NO3/c1-15-6-8-16(9-7-15)14-29-22-5-3-2-4-17(22)13-21-24(28)30-23(27-21)18-10-11-19(25)20(26)12-18/h2-13H,14H2,1H3/b21-13-. The van der Waals surface area contributed by atoms with Gasteiger partial charge in [-0.2, -0.15) is 0 Å². The van der Waals surface area contributed by atoms with Crippen molar-refractivity contribution in [2.75, 3.05) is 0 Å². The maximum absolute atomic E-state index is 12.3. The molecule has 3 aromatic rings. The molecule has 150 valence electrons. The van der Waals surface area contributed by atoms with Crippen LogP contribution in [0.4, 0.5) is 0 Å². The van der Waals surface area contributed by atoms with Gasteiger partial charge >= 0.3 is 5.97 Å². The average Bonchev–Trinajstić information content (AvgIpc) is 3.11. The highest BCUT2D eigenvalue weighted by molar-refractivity contribution is 6.42. The normalized spacial score (nSPS) is 14.6. The van der Waals surface area contributed by atoms with Gasteiger partial charge in [-0.25, -0.2) is 9.79 Å². The molecular weight excluding hydrogens is 421 g/mol. The number of hydrogen-bond donors (Lipinski definition) is 0. The van der Waals surface area contributed by atoms with E-state index in [1.807, 2.05) is 55.5 Å². The van der Waals surface area contributed by atoms with Crippen molar-refractivity contribution in [1.82, 2.24) is 0 Å². The van der Waals surface area contributed by atoms with Crippen LogP contribution >= 0.6 is 23.2 Å². The molecule has 3 aromatic carbocycles. The fourth-order valence-electron chi connectivity index (χ4n) is 2.89. The molecule has 6 heteroatoms. The molecule has 0 atom stereocenters. The van der Waals surface area contributed by atoms with Gasteiger partial charge in [-0.15, -0.1) is 0 Å². The summed E-state index contributed by atoms with van der Waals surface area (Å²) < 4.78 is 11.3. The van der Waals surface area contributed by atoms with Gasteiger partial charge in [-0.1, -0.05) is 71.2 Å². The Morgan fingerprint density at radius 2 is 1.77 bits per heavy atom. The topological polar surface area (TPSA) is 47.9 Å². The molecule has 0 spiro atoms. The maximum atomic E-state index is 12.3. The second kappa shape index (κ2) is 8.74. The maximum Gasteiger partial charge on any atom is 0.363 e. The molecule has 0 N–H and O–H groups in total. The zero-order chi connectivity index (χ0) is 21.1. The third-order valence-corrected chi connectivity index (χ3v) is 5.25. The van der Waals surface area contributed by atoms with Gasteiger partial charge in [0.05, 0.1) is 10.0 Å². The second-order valence-corrected chi connectivity index (χ2v) is 7.59. The summed E-state index contributed by atoms with van der Waals surface area (Å²) in [7, 11) is 0. The van der Waals surface area contributed by atoms with Crippen LogP contribution in [0, 0.1) is 6.92 Å². The van der Waals surface area contributed by atoms with E-state index in [1.165, 1.54) is 5.56 Å². The lowest BCUT2D eigenvalue weighted by atomic mass is 10.1. The van der Waals surface area contributed by atoms with Crippen LogP contribution in [-0.2, 0) is 16.1 Å². The summed E-state index contributed by atoms with van der Waals surface area (Å²) >= 11 is 12.0. The Morgan fingerprint density at radius 1 is 1.00 bits per heavy atom. The summed E-state index contributed by atoms with van der Waals surface area (Å²) in [5.74, 6) is 0.295. The average molecular weight is 438 g/mol. The van der Waals surface area contributed by atoms with E-state index < -0.39 is 5.97 Å². The van der Waals surface area contributed by atoms with Gasteiger partial charge in [0.2, 0.25) is 5.90 Å². The van der Waals surface area contributed by atoms with Crippen molar-refractivity contribution < 1.29 is 14.3 Å². The third-order valence-electron chi connectivity index (χ3n) is 4.51. The van der Waals surface area contributed by atoms with Crippen LogP contribution in [0.15, 0.2) is 77.4 Å². The van der Waals surface area contributed by atoms with Gasteiger partial charge in [0.15, 0.2) is 5.70 Å². The molecule has 0 amide bonds. The van der Waals surface area contributed by atoms with Gasteiger partial charge in [-0.3, -0.25) is 0 Å². The van der Waals surface area contributed by atoms with E-state index in [1.54, 1.807) is 24.3 Å². The summed E-state index contributed by atoms with van der Waals surface area (Å²) in [6.07, 6.45) is 1.65. The SMILES string of the molecule is Cc1ccc(COc2ccccc2/C=C2\N=C(c3ccc(Cl)c(Cl)c3)OC2=O)cc1. The number of nitrogens with zero attached hydrogens (tertiary/aromatic N) is 1. The van der Waals surface area contributed by atoms with E-state index in [0.29, 0.717) is 28.0 Å². The van der Waals surface area contributed by atoms with E-state index in [-0.39, 0.29) is 11.6 Å². The third kappa shape index (κ3) is 4.56. The monoisotopic (exact) mass is 437 g/mol. The minimum absolute atomic E-state index is 0.183. The number of benzene rings is 3. The molecule has 0 radical (unpaired) electrons. The Balaban J connectivity index is 1.58. The van der Waals surface area contributed by atoms with E-state index in [4.69, 9.17) is 32.7 Å². The summed E-state index contributed by atoms with van der Waals surface area (Å²) in [4.78, 5) is 16.7. The number of hydrogen-bond acceptors (Lipinski definition) is 4. The van der Waals surface area contributed by atoms with Crippen molar-refractivity contribution in [2.24, 2.45) is 4.99 Å². The number of para-hydroxylation sites is 1. The summed E-state index contributed by atoms with van der Waals surface area (Å²) in [6, 6.07) is 20.5. The van der Waals surface area contributed by atoms with E-state index >= 15 is 0 Å². The molecule has 1 aliphatic heterocycles. The first kappa shape index (κ1) is 20.2. The summed E-state index contributed by atoms with van der Waals surface area (Å²) in [5, 5.41) is 0.779. The minimum Gasteiger partial charge on any atom is -0.488 e. The number of carbonyl (C=O) groups excluding carboxylic acids is 1. The van der Waals surface area contributed by atoms with E-state index in [0.717, 1.165) is 11.1 Å². The molecule has 0 unspecified atom stereocenters. The fourth-order valence-corrected chi connectivity index (χ4v) is 3.18. The Kier molecular flexibility index (Phi) is 5.88. The molecule has 1 aliphatic rings. The minimum atomic E-state index is -0.538. The first-order valence-corrected chi connectivity index (χ1v) is 10.0. The Morgan fingerprint density at radius 3 is 2.53 bits per heavy atom. The van der Waals surface area contributed by atoms with Gasteiger partial charge in [-0.05, 0) is 42.8 Å². The van der Waals surface area contributed by atoms with Crippen molar-refractivity contribution in [2.45, 2.75) is 13.5 Å². The van der Waals surface area contributed by atoms with Gasteiger partial charge in [0.1, 0.15) is 12.4 Å². The lowest BCUT2D eigenvalue weighted by molar-refractivity contribution is -0.129. The first-order valence-electron chi connectivity index (χ1n) is 9.25. The molecule has 4 rings (SSSR count).